The zero-order valence-corrected chi connectivity index (χ0v) is 31.3. The van der Waals surface area contributed by atoms with Crippen molar-refractivity contribution in [3.63, 3.8) is 0 Å². The molecular formula is C55H38N2. The predicted molar refractivity (Wildman–Crippen MR) is 239 cm³/mol. The molecule has 0 fully saturated rings. The Kier molecular flexibility index (Phi) is 7.93. The SMILES string of the molecule is c1ccc(-c2ccc(N(c3ccc(-c4ccc5c(c4)c4ccccc4n5-c4ccccc4)cc3)c3ccc4c(c3)C(c3ccccc3)c3ccccc3-4)cc2)cc1. The molecule has 0 bridgehead atoms. The van der Waals surface area contributed by atoms with E-state index in [1.54, 1.807) is 0 Å². The Morgan fingerprint density at radius 1 is 0.333 bits per heavy atom. The molecule has 1 aromatic heterocycles. The molecule has 0 aliphatic heterocycles. The predicted octanol–water partition coefficient (Wildman–Crippen LogP) is 14.7. The van der Waals surface area contributed by atoms with Gasteiger partial charge in [0.25, 0.3) is 0 Å². The first-order valence-corrected chi connectivity index (χ1v) is 19.7. The van der Waals surface area contributed by atoms with Crippen molar-refractivity contribution in [3.8, 4) is 39.1 Å². The molecule has 0 saturated heterocycles. The van der Waals surface area contributed by atoms with Gasteiger partial charge in [-0.25, -0.2) is 0 Å². The summed E-state index contributed by atoms with van der Waals surface area (Å²) in [6, 6.07) is 81.8. The van der Waals surface area contributed by atoms with Crippen molar-refractivity contribution in [2.24, 2.45) is 0 Å². The number of benzene rings is 9. The van der Waals surface area contributed by atoms with Gasteiger partial charge < -0.3 is 9.47 Å². The van der Waals surface area contributed by atoms with E-state index in [1.807, 2.05) is 0 Å². The summed E-state index contributed by atoms with van der Waals surface area (Å²) in [5.74, 6) is 0.171. The maximum Gasteiger partial charge on any atom is 0.0541 e. The Balaban J connectivity index is 1.02. The molecule has 268 valence electrons. The molecule has 0 spiro atoms. The van der Waals surface area contributed by atoms with Crippen LogP contribution in [0, 0.1) is 0 Å². The van der Waals surface area contributed by atoms with E-state index in [1.165, 1.54) is 77.6 Å². The lowest BCUT2D eigenvalue weighted by Crippen LogP contribution is -2.11. The summed E-state index contributed by atoms with van der Waals surface area (Å²) in [4.78, 5) is 2.40. The van der Waals surface area contributed by atoms with Crippen LogP contribution in [0.1, 0.15) is 22.6 Å². The second-order valence-corrected chi connectivity index (χ2v) is 14.9. The molecular weight excluding hydrogens is 689 g/mol. The van der Waals surface area contributed by atoms with E-state index in [4.69, 9.17) is 0 Å². The molecule has 0 saturated carbocycles. The van der Waals surface area contributed by atoms with Crippen LogP contribution in [0.15, 0.2) is 224 Å². The number of anilines is 3. The van der Waals surface area contributed by atoms with Crippen LogP contribution in [0.3, 0.4) is 0 Å². The van der Waals surface area contributed by atoms with Crippen LogP contribution in [0.2, 0.25) is 0 Å². The summed E-state index contributed by atoms with van der Waals surface area (Å²) < 4.78 is 2.37. The van der Waals surface area contributed by atoms with E-state index in [-0.39, 0.29) is 5.92 Å². The van der Waals surface area contributed by atoms with Gasteiger partial charge in [-0.1, -0.05) is 158 Å². The number of para-hydroxylation sites is 2. The van der Waals surface area contributed by atoms with Gasteiger partial charge in [-0.05, 0) is 117 Å². The molecule has 57 heavy (non-hydrogen) atoms. The van der Waals surface area contributed by atoms with Gasteiger partial charge >= 0.3 is 0 Å². The van der Waals surface area contributed by atoms with Crippen LogP contribution < -0.4 is 4.90 Å². The molecule has 0 N–H and O–H groups in total. The van der Waals surface area contributed by atoms with Gasteiger partial charge in [0, 0.05) is 39.4 Å². The quantitative estimate of drug-likeness (QED) is 0.159. The third-order valence-electron chi connectivity index (χ3n) is 11.7. The minimum Gasteiger partial charge on any atom is -0.310 e. The van der Waals surface area contributed by atoms with Gasteiger partial charge in [0.05, 0.1) is 11.0 Å². The lowest BCUT2D eigenvalue weighted by atomic mass is 9.89. The highest BCUT2D eigenvalue weighted by Crippen LogP contribution is 2.50. The van der Waals surface area contributed by atoms with E-state index >= 15 is 0 Å². The Morgan fingerprint density at radius 2 is 0.860 bits per heavy atom. The minimum atomic E-state index is 0.171. The smallest absolute Gasteiger partial charge is 0.0541 e. The maximum absolute atomic E-state index is 2.42. The van der Waals surface area contributed by atoms with E-state index in [9.17, 15) is 0 Å². The second-order valence-electron chi connectivity index (χ2n) is 14.9. The topological polar surface area (TPSA) is 8.17 Å². The van der Waals surface area contributed by atoms with Gasteiger partial charge in [0.15, 0.2) is 0 Å². The molecule has 9 aromatic carbocycles. The van der Waals surface area contributed by atoms with E-state index < -0.39 is 0 Å². The number of rotatable bonds is 7. The van der Waals surface area contributed by atoms with Gasteiger partial charge in [-0.2, -0.15) is 0 Å². The minimum absolute atomic E-state index is 0.171. The van der Waals surface area contributed by atoms with Crippen LogP contribution in [0.25, 0.3) is 60.9 Å². The molecule has 0 amide bonds. The molecule has 1 heterocycles. The highest BCUT2D eigenvalue weighted by atomic mass is 15.1. The average Bonchev–Trinajstić information content (AvgIpc) is 3.80. The standard InChI is InChI=1S/C55H38N2/c1-4-14-38(15-5-1)39-24-29-44(30-25-39)56(46-33-34-48-47-20-10-11-22-50(47)55(52(48)37-46)41-16-6-2-7-17-41)45-31-26-40(27-32-45)42-28-35-54-51(36-42)49-21-12-13-23-53(49)57(54)43-18-8-3-9-19-43/h1-37,55H. The van der Waals surface area contributed by atoms with Gasteiger partial charge in [-0.15, -0.1) is 0 Å². The number of hydrogen-bond donors (Lipinski definition) is 0. The van der Waals surface area contributed by atoms with Crippen LogP contribution in [-0.2, 0) is 0 Å². The van der Waals surface area contributed by atoms with Crippen molar-refractivity contribution in [3.05, 3.63) is 241 Å². The van der Waals surface area contributed by atoms with Crippen molar-refractivity contribution in [1.29, 1.82) is 0 Å². The Hall–Kier alpha value is -7.42. The number of nitrogens with zero attached hydrogens (tertiary/aromatic N) is 2. The summed E-state index contributed by atoms with van der Waals surface area (Å²) in [5.41, 5.74) is 18.4. The van der Waals surface area contributed by atoms with E-state index in [2.05, 4.69) is 234 Å². The zero-order valence-electron chi connectivity index (χ0n) is 31.3. The van der Waals surface area contributed by atoms with Gasteiger partial charge in [0.2, 0.25) is 0 Å². The Morgan fingerprint density at radius 3 is 1.60 bits per heavy atom. The van der Waals surface area contributed by atoms with Crippen molar-refractivity contribution in [1.82, 2.24) is 4.57 Å². The first-order valence-electron chi connectivity index (χ1n) is 19.7. The lowest BCUT2D eigenvalue weighted by Gasteiger charge is -2.27. The number of aromatic nitrogens is 1. The fourth-order valence-electron chi connectivity index (χ4n) is 9.03. The molecule has 1 unspecified atom stereocenters. The van der Waals surface area contributed by atoms with Gasteiger partial charge in [-0.3, -0.25) is 0 Å². The third kappa shape index (κ3) is 5.65. The summed E-state index contributed by atoms with van der Waals surface area (Å²) in [6.07, 6.45) is 0. The van der Waals surface area contributed by atoms with Crippen LogP contribution in [0.4, 0.5) is 17.1 Å². The molecule has 1 aliphatic rings. The highest BCUT2D eigenvalue weighted by Gasteiger charge is 2.30. The van der Waals surface area contributed by atoms with E-state index in [0.29, 0.717) is 0 Å². The van der Waals surface area contributed by atoms with Crippen molar-refractivity contribution < 1.29 is 0 Å². The highest BCUT2D eigenvalue weighted by molar-refractivity contribution is 6.10. The fraction of sp³-hybridized carbons (Fsp3) is 0.0182. The summed E-state index contributed by atoms with van der Waals surface area (Å²) in [7, 11) is 0. The number of fused-ring (bicyclic) bond motifs is 6. The Labute approximate surface area is 333 Å². The fourth-order valence-corrected chi connectivity index (χ4v) is 9.03. The van der Waals surface area contributed by atoms with Crippen molar-refractivity contribution >= 4 is 38.9 Å². The molecule has 1 atom stereocenters. The number of hydrogen-bond acceptors (Lipinski definition) is 1. The van der Waals surface area contributed by atoms with Crippen LogP contribution >= 0.6 is 0 Å². The average molecular weight is 727 g/mol. The largest absolute Gasteiger partial charge is 0.310 e. The molecule has 1 aliphatic carbocycles. The molecule has 2 nitrogen and oxygen atoms in total. The first-order chi connectivity index (χ1) is 28.3. The summed E-state index contributed by atoms with van der Waals surface area (Å²) in [6.45, 7) is 0. The molecule has 10 aromatic rings. The van der Waals surface area contributed by atoms with Gasteiger partial charge in [0.1, 0.15) is 0 Å². The second kappa shape index (κ2) is 13.7. The molecule has 0 radical (unpaired) electrons. The maximum atomic E-state index is 2.42. The molecule has 11 rings (SSSR count). The lowest BCUT2D eigenvalue weighted by molar-refractivity contribution is 1.01. The van der Waals surface area contributed by atoms with Crippen LogP contribution in [-0.4, -0.2) is 4.57 Å². The molecule has 2 heteroatoms. The monoisotopic (exact) mass is 726 g/mol. The normalized spacial score (nSPS) is 13.1. The zero-order chi connectivity index (χ0) is 37.7. The van der Waals surface area contributed by atoms with Crippen molar-refractivity contribution in [2.45, 2.75) is 5.92 Å². The Bertz CT molecular complexity index is 3040. The summed E-state index contributed by atoms with van der Waals surface area (Å²) >= 11 is 0. The van der Waals surface area contributed by atoms with Crippen LogP contribution in [0.5, 0.6) is 0 Å². The first kappa shape index (κ1) is 33.0. The third-order valence-corrected chi connectivity index (χ3v) is 11.7. The summed E-state index contributed by atoms with van der Waals surface area (Å²) in [5, 5.41) is 2.51. The van der Waals surface area contributed by atoms with E-state index in [0.717, 1.165) is 17.1 Å². The van der Waals surface area contributed by atoms with Crippen molar-refractivity contribution in [2.75, 3.05) is 4.90 Å².